The number of benzene rings is 2. The molecule has 0 fully saturated rings. The van der Waals surface area contributed by atoms with Crippen molar-refractivity contribution >= 4 is 12.1 Å². The Labute approximate surface area is 133 Å². The van der Waals surface area contributed by atoms with Crippen LogP contribution >= 0.6 is 0 Å². The van der Waals surface area contributed by atoms with Gasteiger partial charge in [-0.15, -0.1) is 0 Å². The first-order valence-electron chi connectivity index (χ1n) is 7.36. The maximum absolute atomic E-state index is 9.00. The molecule has 2 aromatic carbocycles. The lowest BCUT2D eigenvalue weighted by Gasteiger charge is -2.31. The fourth-order valence-electron chi connectivity index (χ4n) is 2.91. The first kappa shape index (κ1) is 13.5. The highest BCUT2D eigenvalue weighted by molar-refractivity contribution is 6.75. The standard InChI is InChI=1S/C17H14BN3O2/c1-20-10-11-21(13-20)18(15-8-6-14(12-19)7-9-15)22-16-4-2-3-5-17(16)23-18/h2-11,13H,1H3. The summed E-state index contributed by atoms with van der Waals surface area (Å²) < 4.78 is 16.4. The topological polar surface area (TPSA) is 51.1 Å². The third kappa shape index (κ3) is 2.06. The van der Waals surface area contributed by atoms with Crippen LogP contribution < -0.4 is 19.2 Å². The van der Waals surface area contributed by atoms with Crippen molar-refractivity contribution < 1.29 is 13.8 Å². The van der Waals surface area contributed by atoms with Gasteiger partial charge in [-0.1, -0.05) is 29.7 Å². The fourth-order valence-corrected chi connectivity index (χ4v) is 2.91. The molecule has 0 spiro atoms. The van der Waals surface area contributed by atoms with Gasteiger partial charge >= 0.3 is 6.69 Å². The number of fused-ring (bicyclic) bond motifs is 1. The van der Waals surface area contributed by atoms with Gasteiger partial charge in [0.1, 0.15) is 17.7 Å². The first-order valence-corrected chi connectivity index (χ1v) is 7.36. The highest BCUT2D eigenvalue weighted by Gasteiger charge is 2.47. The first-order chi connectivity index (χ1) is 11.2. The highest BCUT2D eigenvalue weighted by Crippen LogP contribution is 2.35. The molecule has 4 rings (SSSR count). The Kier molecular flexibility index (Phi) is 2.88. The molecule has 0 amide bonds. The van der Waals surface area contributed by atoms with Crippen LogP contribution in [-0.4, -0.2) is 11.3 Å². The van der Waals surface area contributed by atoms with Crippen molar-refractivity contribution in [3.63, 3.8) is 0 Å². The Morgan fingerprint density at radius 2 is 1.70 bits per heavy atom. The second-order valence-corrected chi connectivity index (χ2v) is 5.61. The SMILES string of the molecule is Cn1cc[n+]([B-]2(c3ccc(C#N)cc3)Oc3ccccc3O2)c1. The molecule has 0 atom stereocenters. The smallest absolute Gasteiger partial charge is 0.591 e. The van der Waals surface area contributed by atoms with E-state index in [-0.39, 0.29) is 0 Å². The molecular weight excluding hydrogens is 289 g/mol. The second kappa shape index (κ2) is 4.92. The Bertz CT molecular complexity index is 887. The second-order valence-electron chi connectivity index (χ2n) is 5.61. The summed E-state index contributed by atoms with van der Waals surface area (Å²) in [4.78, 5) is 0. The molecule has 5 nitrogen and oxygen atoms in total. The average molecular weight is 303 g/mol. The number of aryl methyl sites for hydroxylation is 1. The zero-order valence-corrected chi connectivity index (χ0v) is 12.6. The van der Waals surface area contributed by atoms with Crippen LogP contribution in [0.1, 0.15) is 5.56 Å². The molecule has 1 aliphatic rings. The largest absolute Gasteiger partial charge is 0.639 e. The monoisotopic (exact) mass is 303 g/mol. The van der Waals surface area contributed by atoms with E-state index in [0.717, 1.165) is 5.46 Å². The van der Waals surface area contributed by atoms with Crippen molar-refractivity contribution in [1.29, 1.82) is 5.26 Å². The number of rotatable bonds is 2. The van der Waals surface area contributed by atoms with E-state index >= 15 is 0 Å². The van der Waals surface area contributed by atoms with Gasteiger partial charge in [0.15, 0.2) is 0 Å². The minimum Gasteiger partial charge on any atom is -0.639 e. The Morgan fingerprint density at radius 3 is 2.22 bits per heavy atom. The van der Waals surface area contributed by atoms with Crippen molar-refractivity contribution in [3.05, 3.63) is 72.8 Å². The van der Waals surface area contributed by atoms with Gasteiger partial charge in [0.2, 0.25) is 6.33 Å². The lowest BCUT2D eigenvalue weighted by atomic mass is 9.63. The summed E-state index contributed by atoms with van der Waals surface area (Å²) in [6.07, 6.45) is 5.77. The zero-order chi connectivity index (χ0) is 15.9. The summed E-state index contributed by atoms with van der Waals surface area (Å²) in [5.74, 6) is 1.43. The molecule has 3 aromatic rings. The predicted octanol–water partition coefficient (Wildman–Crippen LogP) is 1.35. The summed E-state index contributed by atoms with van der Waals surface area (Å²) in [5, 5.41) is 9.00. The number of hydrogen-bond donors (Lipinski definition) is 0. The lowest BCUT2D eigenvalue weighted by Crippen LogP contribution is -2.77. The summed E-state index contributed by atoms with van der Waals surface area (Å²) in [5.41, 5.74) is 1.48. The van der Waals surface area contributed by atoms with Crippen molar-refractivity contribution in [1.82, 2.24) is 4.57 Å². The predicted molar refractivity (Wildman–Crippen MR) is 85.2 cm³/mol. The van der Waals surface area contributed by atoms with Gasteiger partial charge in [-0.25, -0.2) is 4.57 Å². The van der Waals surface area contributed by atoms with Gasteiger partial charge < -0.3 is 13.8 Å². The van der Waals surface area contributed by atoms with Crippen LogP contribution in [0.2, 0.25) is 0 Å². The summed E-state index contributed by atoms with van der Waals surface area (Å²) in [6, 6.07) is 17.1. The van der Waals surface area contributed by atoms with Crippen LogP contribution in [0.3, 0.4) is 0 Å². The van der Waals surface area contributed by atoms with Gasteiger partial charge in [0.05, 0.1) is 24.9 Å². The van der Waals surface area contributed by atoms with Crippen molar-refractivity contribution in [2.75, 3.05) is 0 Å². The van der Waals surface area contributed by atoms with Crippen LogP contribution in [0.25, 0.3) is 0 Å². The van der Waals surface area contributed by atoms with E-state index in [1.807, 2.05) is 71.2 Å². The summed E-state index contributed by atoms with van der Waals surface area (Å²) >= 11 is 0. The minimum absolute atomic E-state index is 0.605. The maximum atomic E-state index is 9.00. The number of nitriles is 1. The van der Waals surface area contributed by atoms with Crippen LogP contribution in [-0.2, 0) is 7.05 Å². The quantitative estimate of drug-likeness (QED) is 0.672. The molecule has 0 N–H and O–H groups in total. The van der Waals surface area contributed by atoms with Crippen LogP contribution in [0, 0.1) is 11.3 Å². The highest BCUT2D eigenvalue weighted by atomic mass is 16.7. The maximum Gasteiger partial charge on any atom is 0.591 e. The van der Waals surface area contributed by atoms with Gasteiger partial charge in [-0.3, -0.25) is 0 Å². The molecule has 0 aliphatic carbocycles. The van der Waals surface area contributed by atoms with Gasteiger partial charge in [-0.05, 0) is 24.3 Å². The van der Waals surface area contributed by atoms with E-state index in [1.165, 1.54) is 0 Å². The van der Waals surface area contributed by atoms with E-state index in [0.29, 0.717) is 17.1 Å². The molecule has 0 saturated carbocycles. The summed E-state index contributed by atoms with van der Waals surface area (Å²) in [7, 11) is 1.95. The third-order valence-corrected chi connectivity index (χ3v) is 4.07. The Balaban J connectivity index is 1.87. The molecule has 112 valence electrons. The fraction of sp³-hybridized carbons (Fsp3) is 0.0588. The number of hydrogen-bond acceptors (Lipinski definition) is 3. The number of nitrogens with zero attached hydrogens (tertiary/aromatic N) is 3. The van der Waals surface area contributed by atoms with E-state index in [9.17, 15) is 0 Å². The van der Waals surface area contributed by atoms with E-state index in [1.54, 1.807) is 12.1 Å². The minimum atomic E-state index is -1.92. The normalized spacial score (nSPS) is 14.4. The lowest BCUT2D eigenvalue weighted by molar-refractivity contribution is -0.565. The van der Waals surface area contributed by atoms with Crippen molar-refractivity contribution in [2.24, 2.45) is 7.05 Å². The number of imidazole rings is 1. The zero-order valence-electron chi connectivity index (χ0n) is 12.6. The van der Waals surface area contributed by atoms with E-state index < -0.39 is 6.69 Å². The Morgan fingerprint density at radius 1 is 1.04 bits per heavy atom. The number of aromatic nitrogens is 2. The third-order valence-electron chi connectivity index (χ3n) is 4.07. The Hall–Kier alpha value is -3.20. The molecule has 0 unspecified atom stereocenters. The van der Waals surface area contributed by atoms with Gasteiger partial charge in [-0.2, -0.15) is 5.26 Å². The van der Waals surface area contributed by atoms with Gasteiger partial charge in [0, 0.05) is 0 Å². The molecule has 6 heteroatoms. The van der Waals surface area contributed by atoms with Crippen LogP contribution in [0.4, 0.5) is 0 Å². The van der Waals surface area contributed by atoms with E-state index in [2.05, 4.69) is 6.07 Å². The molecule has 1 aliphatic heterocycles. The van der Waals surface area contributed by atoms with Crippen LogP contribution in [0.5, 0.6) is 11.5 Å². The molecule has 0 radical (unpaired) electrons. The average Bonchev–Trinajstić information content (AvgIpc) is 3.19. The molecule has 0 bridgehead atoms. The van der Waals surface area contributed by atoms with Crippen molar-refractivity contribution in [2.45, 2.75) is 0 Å². The molecule has 23 heavy (non-hydrogen) atoms. The molecule has 1 aromatic heterocycles. The van der Waals surface area contributed by atoms with Crippen LogP contribution in [0.15, 0.2) is 67.3 Å². The van der Waals surface area contributed by atoms with E-state index in [4.69, 9.17) is 14.6 Å². The molecule has 0 saturated heterocycles. The summed E-state index contributed by atoms with van der Waals surface area (Å²) in [6.45, 7) is -1.92. The van der Waals surface area contributed by atoms with Crippen molar-refractivity contribution in [3.8, 4) is 17.6 Å². The van der Waals surface area contributed by atoms with Gasteiger partial charge in [0.25, 0.3) is 0 Å². The number of para-hydroxylation sites is 2. The molecular formula is C17H14BN3O2. The molecule has 2 heterocycles.